The number of primary sulfonamides is 1. The molecular weight excluding hydrogens is 394 g/mol. The van der Waals surface area contributed by atoms with Crippen LogP contribution in [-0.4, -0.2) is 40.0 Å². The van der Waals surface area contributed by atoms with E-state index in [-0.39, 0.29) is 22.4 Å². The molecule has 29 heavy (non-hydrogen) atoms. The highest BCUT2D eigenvalue weighted by molar-refractivity contribution is 7.89. The molecule has 0 fully saturated rings. The van der Waals surface area contributed by atoms with E-state index in [2.05, 4.69) is 25.3 Å². The first-order valence-corrected chi connectivity index (χ1v) is 10.1. The van der Waals surface area contributed by atoms with Crippen LogP contribution in [0.5, 0.6) is 6.01 Å². The molecule has 0 unspecified atom stereocenters. The highest BCUT2D eigenvalue weighted by Crippen LogP contribution is 2.28. The Balaban J connectivity index is 1.77. The lowest BCUT2D eigenvalue weighted by Crippen LogP contribution is -2.12. The molecule has 0 atom stereocenters. The minimum atomic E-state index is -3.97. The molecule has 10 nitrogen and oxygen atoms in total. The Morgan fingerprint density at radius 1 is 1.07 bits per heavy atom. The molecule has 2 aromatic carbocycles. The van der Waals surface area contributed by atoms with Gasteiger partial charge in [-0.3, -0.25) is 0 Å². The summed E-state index contributed by atoms with van der Waals surface area (Å²) in [6, 6.07) is 14.5. The third-order valence-electron chi connectivity index (χ3n) is 4.16. The zero-order valence-electron chi connectivity index (χ0n) is 15.3. The van der Waals surface area contributed by atoms with Crippen LogP contribution in [0.1, 0.15) is 5.56 Å². The second-order valence-electron chi connectivity index (χ2n) is 6.05. The summed E-state index contributed by atoms with van der Waals surface area (Å²) in [6.45, 7) is 0.529. The number of ether oxygens (including phenoxy) is 1. The molecule has 0 aliphatic heterocycles. The molecule has 0 aliphatic carbocycles. The number of fused-ring (bicyclic) bond motifs is 1. The smallest absolute Gasteiger partial charge is 0.304 e. The summed E-state index contributed by atoms with van der Waals surface area (Å²) < 4.78 is 30.6. The zero-order chi connectivity index (χ0) is 20.4. The Hall–Kier alpha value is -3.57. The molecule has 0 aliphatic rings. The highest BCUT2D eigenvalue weighted by atomic mass is 32.2. The first-order chi connectivity index (χ1) is 14.0. The third-order valence-corrected chi connectivity index (χ3v) is 5.10. The Labute approximate surface area is 166 Å². The van der Waals surface area contributed by atoms with Gasteiger partial charge in [0.25, 0.3) is 0 Å². The second kappa shape index (κ2) is 7.45. The van der Waals surface area contributed by atoms with Gasteiger partial charge in [0.2, 0.25) is 21.9 Å². The van der Waals surface area contributed by atoms with Crippen molar-refractivity contribution in [3.63, 3.8) is 0 Å². The van der Waals surface area contributed by atoms with Crippen LogP contribution in [0.15, 0.2) is 59.8 Å². The minimum Gasteiger partial charge on any atom is -0.468 e. The number of imidazole rings is 1. The number of para-hydroxylation sites is 1. The molecule has 4 rings (SSSR count). The molecule has 2 heterocycles. The molecular formula is C18H17N7O3S. The topological polar surface area (TPSA) is 138 Å². The van der Waals surface area contributed by atoms with Crippen molar-refractivity contribution < 1.29 is 13.2 Å². The fourth-order valence-corrected chi connectivity index (χ4v) is 3.56. The van der Waals surface area contributed by atoms with Crippen LogP contribution in [0.25, 0.3) is 17.0 Å². The van der Waals surface area contributed by atoms with Gasteiger partial charge in [-0.05, 0) is 17.7 Å². The van der Waals surface area contributed by atoms with E-state index in [0.717, 1.165) is 5.56 Å². The number of hydrogen-bond donors (Lipinski definition) is 2. The lowest BCUT2D eigenvalue weighted by molar-refractivity contribution is 0.374. The van der Waals surface area contributed by atoms with Gasteiger partial charge < -0.3 is 10.1 Å². The van der Waals surface area contributed by atoms with E-state index in [0.29, 0.717) is 18.0 Å². The fourth-order valence-electron chi connectivity index (χ4n) is 2.87. The van der Waals surface area contributed by atoms with E-state index in [1.165, 1.54) is 24.1 Å². The first kappa shape index (κ1) is 18.8. The van der Waals surface area contributed by atoms with Gasteiger partial charge in [0.15, 0.2) is 0 Å². The molecule has 4 aromatic rings. The Morgan fingerprint density at radius 3 is 2.59 bits per heavy atom. The van der Waals surface area contributed by atoms with Gasteiger partial charge >= 0.3 is 6.01 Å². The van der Waals surface area contributed by atoms with E-state index in [1.54, 1.807) is 12.1 Å². The van der Waals surface area contributed by atoms with E-state index in [1.807, 2.05) is 30.3 Å². The second-order valence-corrected chi connectivity index (χ2v) is 7.58. The van der Waals surface area contributed by atoms with E-state index in [4.69, 9.17) is 9.88 Å². The molecule has 148 valence electrons. The summed E-state index contributed by atoms with van der Waals surface area (Å²) in [4.78, 5) is 16.9. The number of nitrogens with one attached hydrogen (secondary N) is 1. The number of hydrogen-bond acceptors (Lipinski definition) is 8. The van der Waals surface area contributed by atoms with Gasteiger partial charge in [-0.15, -0.1) is 0 Å². The van der Waals surface area contributed by atoms with E-state index in [9.17, 15) is 8.42 Å². The van der Waals surface area contributed by atoms with Crippen LogP contribution in [0.3, 0.4) is 0 Å². The predicted octanol–water partition coefficient (Wildman–Crippen LogP) is 1.48. The molecule has 3 N–H and O–H groups in total. The molecule has 0 saturated carbocycles. The third kappa shape index (κ3) is 3.73. The van der Waals surface area contributed by atoms with Crippen LogP contribution >= 0.6 is 0 Å². The number of anilines is 1. The minimum absolute atomic E-state index is 0.108. The molecule has 11 heteroatoms. The number of benzene rings is 2. The van der Waals surface area contributed by atoms with Crippen molar-refractivity contribution in [3.05, 3.63) is 60.4 Å². The molecule has 0 spiro atoms. The number of sulfonamides is 1. The van der Waals surface area contributed by atoms with Crippen molar-refractivity contribution in [1.82, 2.24) is 24.5 Å². The summed E-state index contributed by atoms with van der Waals surface area (Å²) in [5.41, 5.74) is 1.68. The fraction of sp³-hybridized carbons (Fsp3) is 0.111. The van der Waals surface area contributed by atoms with E-state index < -0.39 is 10.0 Å². The number of nitrogens with zero attached hydrogens (tertiary/aromatic N) is 5. The molecule has 0 saturated heterocycles. The first-order valence-electron chi connectivity index (χ1n) is 8.53. The normalized spacial score (nSPS) is 11.5. The van der Waals surface area contributed by atoms with Crippen LogP contribution in [0, 0.1) is 0 Å². The SMILES string of the molecule is COc1nc2c(S(N)(=O)=O)cccc2n1-c1ncnc(NCc2ccccc2)n1. The molecule has 0 amide bonds. The van der Waals surface area contributed by atoms with Gasteiger partial charge in [-0.1, -0.05) is 36.4 Å². The Bertz CT molecular complexity index is 1270. The Kier molecular flexibility index (Phi) is 4.82. The van der Waals surface area contributed by atoms with Gasteiger partial charge in [0.05, 0.1) is 12.6 Å². The highest BCUT2D eigenvalue weighted by Gasteiger charge is 2.22. The Morgan fingerprint density at radius 2 is 1.86 bits per heavy atom. The van der Waals surface area contributed by atoms with Crippen molar-refractivity contribution in [3.8, 4) is 12.0 Å². The maximum Gasteiger partial charge on any atom is 0.304 e. The number of rotatable bonds is 6. The maximum atomic E-state index is 11.9. The maximum absolute atomic E-state index is 11.9. The van der Waals surface area contributed by atoms with Crippen molar-refractivity contribution in [1.29, 1.82) is 0 Å². The lowest BCUT2D eigenvalue weighted by atomic mass is 10.2. The van der Waals surface area contributed by atoms with Gasteiger partial charge in [0.1, 0.15) is 16.7 Å². The summed E-state index contributed by atoms with van der Waals surface area (Å²) in [5, 5.41) is 8.44. The van der Waals surface area contributed by atoms with Gasteiger partial charge in [-0.2, -0.15) is 9.97 Å². The lowest BCUT2D eigenvalue weighted by Gasteiger charge is -2.08. The van der Waals surface area contributed by atoms with Crippen molar-refractivity contribution in [2.24, 2.45) is 5.14 Å². The van der Waals surface area contributed by atoms with Crippen molar-refractivity contribution >= 4 is 27.0 Å². The average molecular weight is 411 g/mol. The van der Waals surface area contributed by atoms with Gasteiger partial charge in [-0.25, -0.2) is 28.1 Å². The molecule has 0 radical (unpaired) electrons. The van der Waals surface area contributed by atoms with Crippen molar-refractivity contribution in [2.75, 3.05) is 12.4 Å². The summed E-state index contributed by atoms with van der Waals surface area (Å²) in [6.07, 6.45) is 1.35. The largest absolute Gasteiger partial charge is 0.468 e. The van der Waals surface area contributed by atoms with Crippen LogP contribution in [0.4, 0.5) is 5.95 Å². The standard InChI is InChI=1S/C18H17N7O3S/c1-28-18-23-15-13(8-5-9-14(15)29(19,26)27)25(18)17-22-11-21-16(24-17)20-10-12-6-3-2-4-7-12/h2-9,11H,10H2,1H3,(H2,19,26,27)(H,20,21,22,24). The monoisotopic (exact) mass is 411 g/mol. The van der Waals surface area contributed by atoms with Gasteiger partial charge in [0, 0.05) is 6.54 Å². The van der Waals surface area contributed by atoms with E-state index >= 15 is 0 Å². The average Bonchev–Trinajstić information content (AvgIpc) is 3.11. The van der Waals surface area contributed by atoms with Crippen LogP contribution in [-0.2, 0) is 16.6 Å². The molecule has 0 bridgehead atoms. The van der Waals surface area contributed by atoms with Crippen LogP contribution < -0.4 is 15.2 Å². The number of methoxy groups -OCH3 is 1. The van der Waals surface area contributed by atoms with Crippen LogP contribution in [0.2, 0.25) is 0 Å². The zero-order valence-corrected chi connectivity index (χ0v) is 16.2. The summed E-state index contributed by atoms with van der Waals surface area (Å²) >= 11 is 0. The molecule has 2 aromatic heterocycles. The number of nitrogens with two attached hydrogens (primary N) is 1. The quantitative estimate of drug-likeness (QED) is 0.486. The summed E-state index contributed by atoms with van der Waals surface area (Å²) in [7, 11) is -2.55. The predicted molar refractivity (Wildman–Crippen MR) is 106 cm³/mol. The number of aromatic nitrogens is 5. The van der Waals surface area contributed by atoms with Crippen molar-refractivity contribution in [2.45, 2.75) is 11.4 Å². The summed E-state index contributed by atoms with van der Waals surface area (Å²) in [5.74, 6) is 0.576.